The van der Waals surface area contributed by atoms with Crippen molar-refractivity contribution < 1.29 is 4.79 Å². The first-order valence-corrected chi connectivity index (χ1v) is 7.31. The predicted octanol–water partition coefficient (Wildman–Crippen LogP) is 2.90. The highest BCUT2D eigenvalue weighted by molar-refractivity contribution is 8.00. The van der Waals surface area contributed by atoms with E-state index in [4.69, 9.17) is 11.6 Å². The minimum atomic E-state index is -0.281. The second kappa shape index (κ2) is 6.28. The van der Waals surface area contributed by atoms with Gasteiger partial charge in [0.2, 0.25) is 5.91 Å². The van der Waals surface area contributed by atoms with Crippen molar-refractivity contribution in [1.29, 1.82) is 0 Å². The molecule has 5 nitrogen and oxygen atoms in total. The first kappa shape index (κ1) is 14.9. The number of thioether (sulfide) groups is 1. The Labute approximate surface area is 126 Å². The van der Waals surface area contributed by atoms with E-state index in [-0.39, 0.29) is 11.2 Å². The van der Waals surface area contributed by atoms with Crippen molar-refractivity contribution in [3.63, 3.8) is 0 Å². The summed E-state index contributed by atoms with van der Waals surface area (Å²) in [4.78, 5) is 12.2. The summed E-state index contributed by atoms with van der Waals surface area (Å²) in [5.41, 5.74) is 1.59. The van der Waals surface area contributed by atoms with Crippen LogP contribution in [-0.2, 0) is 11.8 Å². The summed E-state index contributed by atoms with van der Waals surface area (Å²) in [7, 11) is 1.84. The zero-order valence-electron chi connectivity index (χ0n) is 11.4. The van der Waals surface area contributed by atoms with Gasteiger partial charge in [0.05, 0.1) is 5.25 Å². The Morgan fingerprint density at radius 1 is 1.50 bits per heavy atom. The molecule has 0 fully saturated rings. The number of rotatable bonds is 4. The van der Waals surface area contributed by atoms with Crippen molar-refractivity contribution in [3.05, 3.63) is 35.1 Å². The van der Waals surface area contributed by atoms with E-state index in [1.54, 1.807) is 17.0 Å². The number of nitrogens with zero attached hydrogens (tertiary/aromatic N) is 3. The zero-order chi connectivity index (χ0) is 14.7. The van der Waals surface area contributed by atoms with Gasteiger partial charge in [-0.25, -0.2) is 0 Å². The van der Waals surface area contributed by atoms with Gasteiger partial charge in [0.25, 0.3) is 0 Å². The summed E-state index contributed by atoms with van der Waals surface area (Å²) in [5, 5.41) is 11.7. The van der Waals surface area contributed by atoms with E-state index >= 15 is 0 Å². The van der Waals surface area contributed by atoms with Gasteiger partial charge in [-0.15, -0.1) is 10.2 Å². The van der Waals surface area contributed by atoms with Crippen molar-refractivity contribution in [3.8, 4) is 0 Å². The number of nitrogens with one attached hydrogen (secondary N) is 1. The Bertz CT molecular complexity index is 629. The molecule has 0 saturated carbocycles. The van der Waals surface area contributed by atoms with Crippen molar-refractivity contribution in [2.75, 3.05) is 5.32 Å². The second-order valence-corrected chi connectivity index (χ2v) is 6.10. The summed E-state index contributed by atoms with van der Waals surface area (Å²) in [5.74, 6) is -0.0941. The molecule has 0 radical (unpaired) electrons. The monoisotopic (exact) mass is 310 g/mol. The van der Waals surface area contributed by atoms with Gasteiger partial charge in [-0.2, -0.15) is 0 Å². The van der Waals surface area contributed by atoms with Crippen molar-refractivity contribution >= 4 is 35.0 Å². The molecule has 20 heavy (non-hydrogen) atoms. The highest BCUT2D eigenvalue weighted by Crippen LogP contribution is 2.25. The molecule has 0 bridgehead atoms. The number of carbonyl (C=O) groups is 1. The molecule has 7 heteroatoms. The van der Waals surface area contributed by atoms with Crippen LogP contribution in [0.4, 0.5) is 5.69 Å². The molecule has 1 aromatic heterocycles. The number of benzene rings is 1. The lowest BCUT2D eigenvalue weighted by Gasteiger charge is -2.13. The number of carbonyl (C=O) groups excluding carboxylic acids is 1. The van der Waals surface area contributed by atoms with E-state index in [1.165, 1.54) is 11.8 Å². The molecule has 1 N–H and O–H groups in total. The SMILES string of the molecule is Cc1c(Cl)cccc1NC(=O)C(C)Sc1nncn1C. The largest absolute Gasteiger partial charge is 0.325 e. The van der Waals surface area contributed by atoms with Gasteiger partial charge in [-0.05, 0) is 31.5 Å². The Balaban J connectivity index is 2.04. The van der Waals surface area contributed by atoms with E-state index in [0.717, 1.165) is 11.3 Å². The molecule has 0 spiro atoms. The Morgan fingerprint density at radius 3 is 2.90 bits per heavy atom. The van der Waals surface area contributed by atoms with E-state index in [0.29, 0.717) is 10.2 Å². The Kier molecular flexibility index (Phi) is 4.67. The van der Waals surface area contributed by atoms with Gasteiger partial charge in [-0.1, -0.05) is 29.4 Å². The van der Waals surface area contributed by atoms with Gasteiger partial charge in [0.15, 0.2) is 5.16 Å². The maximum Gasteiger partial charge on any atom is 0.237 e. The third kappa shape index (κ3) is 3.32. The maximum atomic E-state index is 12.2. The van der Waals surface area contributed by atoms with Crippen LogP contribution in [0.2, 0.25) is 5.02 Å². The fraction of sp³-hybridized carbons (Fsp3) is 0.308. The van der Waals surface area contributed by atoms with Gasteiger partial charge < -0.3 is 9.88 Å². The highest BCUT2D eigenvalue weighted by atomic mass is 35.5. The average Bonchev–Trinajstić information content (AvgIpc) is 2.80. The van der Waals surface area contributed by atoms with Crippen LogP contribution in [0.3, 0.4) is 0 Å². The van der Waals surface area contributed by atoms with Crippen molar-refractivity contribution in [2.24, 2.45) is 7.05 Å². The second-order valence-electron chi connectivity index (χ2n) is 4.39. The van der Waals surface area contributed by atoms with Gasteiger partial charge >= 0.3 is 0 Å². The number of aryl methyl sites for hydroxylation is 1. The van der Waals surface area contributed by atoms with E-state index in [2.05, 4.69) is 15.5 Å². The number of halogens is 1. The quantitative estimate of drug-likeness (QED) is 0.882. The number of hydrogen-bond acceptors (Lipinski definition) is 4. The molecule has 1 heterocycles. The topological polar surface area (TPSA) is 59.8 Å². The molecule has 1 atom stereocenters. The van der Waals surface area contributed by atoms with Crippen LogP contribution < -0.4 is 5.32 Å². The molecule has 0 saturated heterocycles. The summed E-state index contributed by atoms with van der Waals surface area (Å²) in [6, 6.07) is 5.44. The molecule has 1 amide bonds. The molecular formula is C13H15ClN4OS. The fourth-order valence-corrected chi connectivity index (χ4v) is 2.53. The van der Waals surface area contributed by atoms with Gasteiger partial charge in [0.1, 0.15) is 6.33 Å². The lowest BCUT2D eigenvalue weighted by atomic mass is 10.2. The van der Waals surface area contributed by atoms with Gasteiger partial charge in [-0.3, -0.25) is 4.79 Å². The highest BCUT2D eigenvalue weighted by Gasteiger charge is 2.18. The molecule has 1 aromatic carbocycles. The number of anilines is 1. The van der Waals surface area contributed by atoms with Crippen LogP contribution in [-0.4, -0.2) is 25.9 Å². The third-order valence-corrected chi connectivity index (χ3v) is 4.40. The predicted molar refractivity (Wildman–Crippen MR) is 81.1 cm³/mol. The first-order chi connectivity index (χ1) is 9.49. The molecule has 0 aliphatic rings. The summed E-state index contributed by atoms with van der Waals surface area (Å²) >= 11 is 7.39. The fourth-order valence-electron chi connectivity index (χ4n) is 1.57. The summed E-state index contributed by atoms with van der Waals surface area (Å²) in [6.07, 6.45) is 1.61. The average molecular weight is 311 g/mol. The van der Waals surface area contributed by atoms with E-state index < -0.39 is 0 Å². The number of amides is 1. The van der Waals surface area contributed by atoms with Crippen LogP contribution in [0.1, 0.15) is 12.5 Å². The Morgan fingerprint density at radius 2 is 2.25 bits per heavy atom. The molecule has 0 aliphatic heterocycles. The molecule has 1 unspecified atom stereocenters. The van der Waals surface area contributed by atoms with Crippen LogP contribution in [0, 0.1) is 6.92 Å². The summed E-state index contributed by atoms with van der Waals surface area (Å²) < 4.78 is 1.78. The first-order valence-electron chi connectivity index (χ1n) is 6.05. The minimum absolute atomic E-state index is 0.0941. The number of hydrogen-bond donors (Lipinski definition) is 1. The van der Waals surface area contributed by atoms with Crippen LogP contribution >= 0.6 is 23.4 Å². The van der Waals surface area contributed by atoms with Crippen LogP contribution in [0.15, 0.2) is 29.7 Å². The standard InChI is InChI=1S/C13H15ClN4OS/c1-8-10(14)5-4-6-11(8)16-12(19)9(2)20-13-17-15-7-18(13)3/h4-7,9H,1-3H3,(H,16,19). The molecular weight excluding hydrogens is 296 g/mol. The van der Waals surface area contributed by atoms with Gasteiger partial charge in [0, 0.05) is 17.8 Å². The maximum absolute atomic E-state index is 12.2. The summed E-state index contributed by atoms with van der Waals surface area (Å²) in [6.45, 7) is 3.70. The molecule has 0 aliphatic carbocycles. The molecule has 2 aromatic rings. The molecule has 106 valence electrons. The Hall–Kier alpha value is -1.53. The lowest BCUT2D eigenvalue weighted by Crippen LogP contribution is -2.23. The number of aromatic nitrogens is 3. The third-order valence-electron chi connectivity index (χ3n) is 2.85. The van der Waals surface area contributed by atoms with E-state index in [1.807, 2.05) is 33.0 Å². The van der Waals surface area contributed by atoms with E-state index in [9.17, 15) is 4.79 Å². The normalized spacial score (nSPS) is 12.2. The molecule has 2 rings (SSSR count). The van der Waals surface area contributed by atoms with Crippen molar-refractivity contribution in [1.82, 2.24) is 14.8 Å². The lowest BCUT2D eigenvalue weighted by molar-refractivity contribution is -0.115. The smallest absolute Gasteiger partial charge is 0.237 e. The van der Waals surface area contributed by atoms with Crippen LogP contribution in [0.5, 0.6) is 0 Å². The van der Waals surface area contributed by atoms with Crippen molar-refractivity contribution in [2.45, 2.75) is 24.3 Å². The van der Waals surface area contributed by atoms with Crippen LogP contribution in [0.25, 0.3) is 0 Å². The minimum Gasteiger partial charge on any atom is -0.325 e. The zero-order valence-corrected chi connectivity index (χ0v) is 13.0.